The first kappa shape index (κ1) is 19.6. The molecule has 1 unspecified atom stereocenters. The van der Waals surface area contributed by atoms with Crippen molar-refractivity contribution in [3.8, 4) is 0 Å². The van der Waals surface area contributed by atoms with Gasteiger partial charge in [0, 0.05) is 19.5 Å². The number of imidazole rings is 1. The summed E-state index contributed by atoms with van der Waals surface area (Å²) in [5.74, 6) is 0. The van der Waals surface area contributed by atoms with Crippen LogP contribution >= 0.6 is 0 Å². The summed E-state index contributed by atoms with van der Waals surface area (Å²) in [5, 5.41) is 0. The van der Waals surface area contributed by atoms with Gasteiger partial charge in [0.05, 0.1) is 18.1 Å². The summed E-state index contributed by atoms with van der Waals surface area (Å²) in [7, 11) is 1.68. The van der Waals surface area contributed by atoms with Crippen LogP contribution in [-0.2, 0) is 18.9 Å². The third-order valence-corrected chi connectivity index (χ3v) is 7.12. The molecule has 4 rings (SSSR count). The van der Waals surface area contributed by atoms with Crippen molar-refractivity contribution in [2.24, 2.45) is 5.41 Å². The number of carbonyl (C=O) groups excluding carboxylic acids is 1. The molecule has 6 atom stereocenters. The van der Waals surface area contributed by atoms with Crippen LogP contribution in [0.15, 0.2) is 30.4 Å². The van der Waals surface area contributed by atoms with Crippen molar-refractivity contribution in [2.45, 2.75) is 76.5 Å². The van der Waals surface area contributed by atoms with Crippen molar-refractivity contribution in [2.75, 3.05) is 13.7 Å². The van der Waals surface area contributed by atoms with E-state index < -0.39 is 17.1 Å². The summed E-state index contributed by atoms with van der Waals surface area (Å²) in [6, 6.07) is 0. The zero-order chi connectivity index (χ0) is 20.2. The zero-order valence-corrected chi connectivity index (χ0v) is 17.3. The van der Waals surface area contributed by atoms with Gasteiger partial charge in [-0.25, -0.2) is 14.3 Å². The van der Waals surface area contributed by atoms with E-state index in [4.69, 9.17) is 18.9 Å². The smallest absolute Gasteiger partial charge is 0.419 e. The number of carbonyl (C=O) groups is 1. The zero-order valence-electron chi connectivity index (χ0n) is 17.3. The van der Waals surface area contributed by atoms with Crippen LogP contribution in [0.4, 0.5) is 4.79 Å². The Kier molecular flexibility index (Phi) is 4.68. The van der Waals surface area contributed by atoms with Gasteiger partial charge in [0.1, 0.15) is 29.7 Å². The van der Waals surface area contributed by atoms with E-state index in [0.717, 1.165) is 12.8 Å². The lowest BCUT2D eigenvalue weighted by molar-refractivity contribution is -0.168. The SMILES string of the molecule is CO[C@@H]1[C@H](OC(=O)n2ccnc2)CC[C@]2(CO2)[C@@]1(C)C1(C)O[C@@H]1CC=C(C)C. The minimum absolute atomic E-state index is 0.106. The molecular formula is C21H30N2O5. The highest BCUT2D eigenvalue weighted by atomic mass is 16.6. The standard InChI is InChI=1S/C21H30N2O5/c1-14(2)6-7-16-20(4,28-16)19(3)17(25-5)15(8-9-21(19)12-26-21)27-18(24)23-11-10-22-13-23/h6,10-11,13,15-17H,7-9,12H2,1-5H3/t15-,16-,17-,19-,20?,21+/m1/s1. The Bertz CT molecular complexity index is 768. The van der Waals surface area contributed by atoms with Crippen LogP contribution in [0.25, 0.3) is 0 Å². The molecule has 0 amide bonds. The maximum absolute atomic E-state index is 12.5. The number of rotatable bonds is 5. The largest absolute Gasteiger partial charge is 0.443 e. The summed E-state index contributed by atoms with van der Waals surface area (Å²) in [6.45, 7) is 9.20. The number of allylic oxidation sites excluding steroid dienone is 1. The predicted octanol–water partition coefficient (Wildman–Crippen LogP) is 3.33. The summed E-state index contributed by atoms with van der Waals surface area (Å²) >= 11 is 0. The van der Waals surface area contributed by atoms with Gasteiger partial charge in [0.15, 0.2) is 0 Å². The Balaban J connectivity index is 1.59. The number of nitrogens with zero attached hydrogens (tertiary/aromatic N) is 2. The minimum atomic E-state index is -0.442. The molecule has 3 fully saturated rings. The van der Waals surface area contributed by atoms with E-state index in [1.54, 1.807) is 19.5 Å². The molecule has 3 heterocycles. The third-order valence-electron chi connectivity index (χ3n) is 7.12. The molecule has 3 aliphatic rings. The molecule has 2 aliphatic heterocycles. The molecule has 7 heteroatoms. The Labute approximate surface area is 166 Å². The van der Waals surface area contributed by atoms with E-state index in [2.05, 4.69) is 38.8 Å². The summed E-state index contributed by atoms with van der Waals surface area (Å²) in [5.41, 5.74) is 0.183. The highest BCUT2D eigenvalue weighted by molar-refractivity contribution is 5.70. The second-order valence-corrected chi connectivity index (χ2v) is 8.80. The number of epoxide rings is 2. The van der Waals surface area contributed by atoms with Crippen LogP contribution in [0.5, 0.6) is 0 Å². The van der Waals surface area contributed by atoms with E-state index in [1.807, 2.05) is 0 Å². The molecule has 1 saturated carbocycles. The van der Waals surface area contributed by atoms with Gasteiger partial charge in [0.2, 0.25) is 0 Å². The number of ether oxygens (including phenoxy) is 4. The molecule has 0 N–H and O–H groups in total. The topological polar surface area (TPSA) is 78.4 Å². The van der Waals surface area contributed by atoms with Crippen LogP contribution in [0.1, 0.15) is 47.0 Å². The molecular weight excluding hydrogens is 360 g/mol. The first-order valence-corrected chi connectivity index (χ1v) is 9.94. The van der Waals surface area contributed by atoms with E-state index in [0.29, 0.717) is 13.0 Å². The van der Waals surface area contributed by atoms with E-state index in [-0.39, 0.29) is 23.9 Å². The van der Waals surface area contributed by atoms with Gasteiger partial charge in [-0.1, -0.05) is 18.6 Å². The lowest BCUT2D eigenvalue weighted by atomic mass is 9.57. The van der Waals surface area contributed by atoms with Crippen LogP contribution in [-0.4, -0.2) is 58.9 Å². The van der Waals surface area contributed by atoms with E-state index >= 15 is 0 Å². The maximum atomic E-state index is 12.5. The van der Waals surface area contributed by atoms with Crippen molar-refractivity contribution < 1.29 is 23.7 Å². The normalized spacial score (nSPS) is 41.5. The number of hydrogen-bond acceptors (Lipinski definition) is 6. The van der Waals surface area contributed by atoms with Gasteiger partial charge in [-0.05, 0) is 40.0 Å². The van der Waals surface area contributed by atoms with Gasteiger partial charge in [-0.15, -0.1) is 0 Å². The van der Waals surface area contributed by atoms with Crippen molar-refractivity contribution in [3.05, 3.63) is 30.4 Å². The van der Waals surface area contributed by atoms with Gasteiger partial charge < -0.3 is 18.9 Å². The lowest BCUT2D eigenvalue weighted by Gasteiger charge is -2.50. The Morgan fingerprint density at radius 2 is 2.14 bits per heavy atom. The van der Waals surface area contributed by atoms with Gasteiger partial charge in [0.25, 0.3) is 0 Å². The summed E-state index contributed by atoms with van der Waals surface area (Å²) < 4.78 is 25.5. The highest BCUT2D eigenvalue weighted by Gasteiger charge is 2.79. The lowest BCUT2D eigenvalue weighted by Crippen LogP contribution is -2.63. The van der Waals surface area contributed by atoms with Crippen molar-refractivity contribution >= 4 is 6.09 Å². The third kappa shape index (κ3) is 2.83. The average molecular weight is 390 g/mol. The minimum Gasteiger partial charge on any atom is -0.443 e. The number of methoxy groups -OCH3 is 1. The summed E-state index contributed by atoms with van der Waals surface area (Å²) in [4.78, 5) is 16.4. The molecule has 1 aromatic heterocycles. The van der Waals surface area contributed by atoms with Crippen LogP contribution in [0, 0.1) is 5.41 Å². The second kappa shape index (κ2) is 6.68. The second-order valence-electron chi connectivity index (χ2n) is 8.80. The van der Waals surface area contributed by atoms with Crippen molar-refractivity contribution in [3.63, 3.8) is 0 Å². The Morgan fingerprint density at radius 3 is 2.71 bits per heavy atom. The number of hydrogen-bond donors (Lipinski definition) is 0. The van der Waals surface area contributed by atoms with Gasteiger partial charge in [-0.3, -0.25) is 0 Å². The first-order chi connectivity index (χ1) is 13.3. The molecule has 1 aromatic rings. The molecule has 0 bridgehead atoms. The molecule has 2 saturated heterocycles. The fraction of sp³-hybridized carbons (Fsp3) is 0.714. The molecule has 7 nitrogen and oxygen atoms in total. The predicted molar refractivity (Wildman–Crippen MR) is 102 cm³/mol. The molecule has 28 heavy (non-hydrogen) atoms. The maximum Gasteiger partial charge on any atom is 0.419 e. The quantitative estimate of drug-likeness (QED) is 0.567. The van der Waals surface area contributed by atoms with Crippen LogP contribution < -0.4 is 0 Å². The van der Waals surface area contributed by atoms with Crippen molar-refractivity contribution in [1.29, 1.82) is 0 Å². The average Bonchev–Trinajstić information content (AvgIpc) is 3.50. The van der Waals surface area contributed by atoms with E-state index in [9.17, 15) is 4.79 Å². The Morgan fingerprint density at radius 1 is 1.39 bits per heavy atom. The number of aromatic nitrogens is 2. The monoisotopic (exact) mass is 390 g/mol. The molecule has 0 radical (unpaired) electrons. The highest BCUT2D eigenvalue weighted by Crippen LogP contribution is 2.67. The van der Waals surface area contributed by atoms with Gasteiger partial charge in [-0.2, -0.15) is 0 Å². The first-order valence-electron chi connectivity index (χ1n) is 9.94. The van der Waals surface area contributed by atoms with Gasteiger partial charge >= 0.3 is 6.09 Å². The molecule has 0 aromatic carbocycles. The molecule has 154 valence electrons. The Hall–Kier alpha value is -1.70. The van der Waals surface area contributed by atoms with Crippen molar-refractivity contribution in [1.82, 2.24) is 9.55 Å². The molecule has 1 aliphatic carbocycles. The molecule has 1 spiro atoms. The summed E-state index contributed by atoms with van der Waals surface area (Å²) in [6.07, 6.45) is 8.14. The van der Waals surface area contributed by atoms with Crippen LogP contribution in [0.2, 0.25) is 0 Å². The van der Waals surface area contributed by atoms with E-state index in [1.165, 1.54) is 16.5 Å². The fourth-order valence-electron chi connectivity index (χ4n) is 5.08. The van der Waals surface area contributed by atoms with Crippen LogP contribution in [0.3, 0.4) is 0 Å². The fourth-order valence-corrected chi connectivity index (χ4v) is 5.08.